The van der Waals surface area contributed by atoms with Crippen LogP contribution in [0.15, 0.2) is 73.1 Å². The minimum atomic E-state index is -0.0470. The van der Waals surface area contributed by atoms with E-state index in [0.717, 1.165) is 16.6 Å². The molecule has 25 heavy (non-hydrogen) atoms. The van der Waals surface area contributed by atoms with Gasteiger partial charge in [0.15, 0.2) is 0 Å². The summed E-state index contributed by atoms with van der Waals surface area (Å²) in [6, 6.07) is 23.5. The van der Waals surface area contributed by atoms with Gasteiger partial charge in [0, 0.05) is 16.4 Å². The average molecular weight is 322 g/mol. The second-order valence-electron chi connectivity index (χ2n) is 7.14. The van der Waals surface area contributed by atoms with Crippen LogP contribution in [-0.4, -0.2) is 9.97 Å². The van der Waals surface area contributed by atoms with Crippen LogP contribution in [0.1, 0.15) is 25.0 Å². The zero-order valence-corrected chi connectivity index (χ0v) is 14.3. The van der Waals surface area contributed by atoms with Crippen molar-refractivity contribution in [1.82, 2.24) is 9.97 Å². The molecule has 0 saturated carbocycles. The van der Waals surface area contributed by atoms with Crippen LogP contribution >= 0.6 is 0 Å². The topological polar surface area (TPSA) is 25.8 Å². The predicted octanol–water partition coefficient (Wildman–Crippen LogP) is 5.60. The quantitative estimate of drug-likeness (QED) is 0.455. The number of benzene rings is 3. The van der Waals surface area contributed by atoms with Gasteiger partial charge in [-0.1, -0.05) is 74.5 Å². The monoisotopic (exact) mass is 322 g/mol. The Labute approximate surface area is 147 Å². The summed E-state index contributed by atoms with van der Waals surface area (Å²) in [5.74, 6) is 0. The Hall–Kier alpha value is -3.00. The molecule has 2 heteroatoms. The van der Waals surface area contributed by atoms with Gasteiger partial charge in [0.2, 0.25) is 0 Å². The van der Waals surface area contributed by atoms with Crippen LogP contribution in [0.25, 0.3) is 33.3 Å². The van der Waals surface area contributed by atoms with Crippen molar-refractivity contribution in [2.45, 2.75) is 19.3 Å². The van der Waals surface area contributed by atoms with E-state index in [1.165, 1.54) is 27.8 Å². The van der Waals surface area contributed by atoms with Gasteiger partial charge in [-0.3, -0.25) is 0 Å². The molecular formula is C23H18N2. The Morgan fingerprint density at radius 3 is 2.32 bits per heavy atom. The standard InChI is InChI=1S/C23H18N2/c1-23(2)19-12-5-3-8-15(19)16-10-7-11-18(21(16)23)22-17-9-4-6-13-20(17)24-14-25-22/h3-14H,1-2H3. The third-order valence-electron chi connectivity index (χ3n) is 5.38. The Morgan fingerprint density at radius 1 is 0.680 bits per heavy atom. The van der Waals surface area contributed by atoms with Gasteiger partial charge in [0.25, 0.3) is 0 Å². The highest BCUT2D eigenvalue weighted by Gasteiger charge is 2.37. The normalized spacial score (nSPS) is 14.3. The summed E-state index contributed by atoms with van der Waals surface area (Å²) < 4.78 is 0. The van der Waals surface area contributed by atoms with E-state index in [0.29, 0.717) is 0 Å². The first kappa shape index (κ1) is 14.4. The molecule has 5 rings (SSSR count). The molecule has 0 fully saturated rings. The molecular weight excluding hydrogens is 304 g/mol. The van der Waals surface area contributed by atoms with Crippen LogP contribution in [0.2, 0.25) is 0 Å². The third kappa shape index (κ3) is 1.91. The second kappa shape index (κ2) is 5.00. The molecule has 3 aromatic carbocycles. The van der Waals surface area contributed by atoms with E-state index in [1.807, 2.05) is 12.1 Å². The first-order valence-electron chi connectivity index (χ1n) is 8.61. The molecule has 0 N–H and O–H groups in total. The molecule has 2 nitrogen and oxygen atoms in total. The number of fused-ring (bicyclic) bond motifs is 4. The van der Waals surface area contributed by atoms with Crippen molar-refractivity contribution in [3.05, 3.63) is 84.2 Å². The number of hydrogen-bond donors (Lipinski definition) is 0. The van der Waals surface area contributed by atoms with E-state index in [4.69, 9.17) is 0 Å². The largest absolute Gasteiger partial charge is 0.236 e. The maximum absolute atomic E-state index is 4.67. The van der Waals surface area contributed by atoms with Crippen molar-refractivity contribution >= 4 is 10.9 Å². The average Bonchev–Trinajstić information content (AvgIpc) is 2.90. The highest BCUT2D eigenvalue weighted by Crippen LogP contribution is 2.52. The van der Waals surface area contributed by atoms with E-state index in [1.54, 1.807) is 6.33 Å². The van der Waals surface area contributed by atoms with Gasteiger partial charge in [0.1, 0.15) is 6.33 Å². The van der Waals surface area contributed by atoms with Gasteiger partial charge in [-0.25, -0.2) is 9.97 Å². The Morgan fingerprint density at radius 2 is 1.40 bits per heavy atom. The molecule has 0 radical (unpaired) electrons. The molecule has 1 aromatic heterocycles. The number of nitrogens with zero attached hydrogens (tertiary/aromatic N) is 2. The molecule has 0 bridgehead atoms. The van der Waals surface area contributed by atoms with Crippen molar-refractivity contribution in [2.75, 3.05) is 0 Å². The predicted molar refractivity (Wildman–Crippen MR) is 103 cm³/mol. The SMILES string of the molecule is CC1(C)c2ccccc2-c2cccc(-c3ncnc4ccccc34)c21. The van der Waals surface area contributed by atoms with Crippen LogP contribution in [-0.2, 0) is 5.41 Å². The lowest BCUT2D eigenvalue weighted by Crippen LogP contribution is -2.16. The lowest BCUT2D eigenvalue weighted by Gasteiger charge is -2.24. The fourth-order valence-electron chi connectivity index (χ4n) is 4.26. The lowest BCUT2D eigenvalue weighted by molar-refractivity contribution is 0.662. The molecule has 0 aliphatic heterocycles. The number of para-hydroxylation sites is 1. The summed E-state index contributed by atoms with van der Waals surface area (Å²) in [5, 5.41) is 1.10. The summed E-state index contributed by atoms with van der Waals surface area (Å²) in [6.07, 6.45) is 1.67. The molecule has 1 aliphatic rings. The van der Waals surface area contributed by atoms with E-state index < -0.39 is 0 Å². The maximum Gasteiger partial charge on any atom is 0.116 e. The Kier molecular flexibility index (Phi) is 2.87. The van der Waals surface area contributed by atoms with Gasteiger partial charge in [-0.05, 0) is 28.3 Å². The molecule has 0 amide bonds. The molecule has 0 spiro atoms. The van der Waals surface area contributed by atoms with E-state index >= 15 is 0 Å². The molecule has 0 unspecified atom stereocenters. The van der Waals surface area contributed by atoms with Crippen LogP contribution in [0, 0.1) is 0 Å². The second-order valence-corrected chi connectivity index (χ2v) is 7.14. The Bertz CT molecular complexity index is 1120. The van der Waals surface area contributed by atoms with Gasteiger partial charge in [0.05, 0.1) is 11.2 Å². The number of hydrogen-bond acceptors (Lipinski definition) is 2. The summed E-state index contributed by atoms with van der Waals surface area (Å²) in [4.78, 5) is 9.10. The van der Waals surface area contributed by atoms with Crippen LogP contribution in [0.5, 0.6) is 0 Å². The summed E-state index contributed by atoms with van der Waals surface area (Å²) >= 11 is 0. The van der Waals surface area contributed by atoms with Crippen LogP contribution < -0.4 is 0 Å². The Balaban J connectivity index is 1.87. The first-order chi connectivity index (χ1) is 12.2. The highest BCUT2D eigenvalue weighted by molar-refractivity contribution is 5.96. The number of aromatic nitrogens is 2. The molecule has 4 aromatic rings. The molecule has 0 atom stereocenters. The minimum Gasteiger partial charge on any atom is -0.236 e. The van der Waals surface area contributed by atoms with Crippen molar-refractivity contribution in [3.63, 3.8) is 0 Å². The summed E-state index contributed by atoms with van der Waals surface area (Å²) in [7, 11) is 0. The zero-order chi connectivity index (χ0) is 17.0. The van der Waals surface area contributed by atoms with Gasteiger partial charge < -0.3 is 0 Å². The smallest absolute Gasteiger partial charge is 0.116 e. The summed E-state index contributed by atoms with van der Waals surface area (Å²) in [6.45, 7) is 4.62. The lowest BCUT2D eigenvalue weighted by atomic mass is 9.79. The van der Waals surface area contributed by atoms with E-state index in [2.05, 4.69) is 78.4 Å². The highest BCUT2D eigenvalue weighted by atomic mass is 14.8. The third-order valence-corrected chi connectivity index (χ3v) is 5.38. The van der Waals surface area contributed by atoms with Crippen molar-refractivity contribution in [3.8, 4) is 22.4 Å². The van der Waals surface area contributed by atoms with Gasteiger partial charge >= 0.3 is 0 Å². The molecule has 0 saturated heterocycles. The van der Waals surface area contributed by atoms with E-state index in [-0.39, 0.29) is 5.41 Å². The zero-order valence-electron chi connectivity index (χ0n) is 14.3. The van der Waals surface area contributed by atoms with Crippen molar-refractivity contribution in [2.24, 2.45) is 0 Å². The number of rotatable bonds is 1. The minimum absolute atomic E-state index is 0.0470. The molecule has 1 aliphatic carbocycles. The van der Waals surface area contributed by atoms with Gasteiger partial charge in [-0.15, -0.1) is 0 Å². The first-order valence-corrected chi connectivity index (χ1v) is 8.61. The molecule has 120 valence electrons. The van der Waals surface area contributed by atoms with Crippen LogP contribution in [0.3, 0.4) is 0 Å². The van der Waals surface area contributed by atoms with Crippen molar-refractivity contribution in [1.29, 1.82) is 0 Å². The fourth-order valence-corrected chi connectivity index (χ4v) is 4.26. The maximum atomic E-state index is 4.67. The van der Waals surface area contributed by atoms with Crippen LogP contribution in [0.4, 0.5) is 0 Å². The van der Waals surface area contributed by atoms with E-state index in [9.17, 15) is 0 Å². The van der Waals surface area contributed by atoms with Crippen molar-refractivity contribution < 1.29 is 0 Å². The summed E-state index contributed by atoms with van der Waals surface area (Å²) in [5.41, 5.74) is 8.56. The van der Waals surface area contributed by atoms with Gasteiger partial charge in [-0.2, -0.15) is 0 Å². The molecule has 1 heterocycles. The fraction of sp³-hybridized carbons (Fsp3) is 0.130.